The molecule has 3 nitrogen and oxygen atoms in total. The fraction of sp³-hybridized carbons (Fsp3) is 0.368. The van der Waals surface area contributed by atoms with Crippen molar-refractivity contribution in [1.29, 1.82) is 0 Å². The lowest BCUT2D eigenvalue weighted by Gasteiger charge is -2.35. The van der Waals surface area contributed by atoms with Crippen molar-refractivity contribution >= 4 is 22.6 Å². The monoisotopic (exact) mass is 423 g/mol. The molecule has 0 saturated carbocycles. The maximum Gasteiger partial charge on any atom is 0.161 e. The van der Waals surface area contributed by atoms with E-state index >= 15 is 0 Å². The molecule has 2 aromatic carbocycles. The maximum atomic E-state index is 5.51. The molecule has 0 aromatic heterocycles. The highest BCUT2D eigenvalue weighted by atomic mass is 127. The summed E-state index contributed by atoms with van der Waals surface area (Å²) in [5.74, 6) is 1.64. The number of benzene rings is 2. The molecule has 0 aliphatic carbocycles. The Morgan fingerprint density at radius 2 is 1.74 bits per heavy atom. The smallest absolute Gasteiger partial charge is 0.161 e. The van der Waals surface area contributed by atoms with Gasteiger partial charge in [-0.25, -0.2) is 0 Å². The summed E-state index contributed by atoms with van der Waals surface area (Å²) < 4.78 is 12.2. The highest BCUT2D eigenvalue weighted by Gasteiger charge is 2.26. The van der Waals surface area contributed by atoms with E-state index in [1.165, 1.54) is 20.3 Å². The fourth-order valence-corrected chi connectivity index (χ4v) is 3.62. The van der Waals surface area contributed by atoms with Crippen molar-refractivity contribution in [2.24, 2.45) is 0 Å². The minimum Gasteiger partial charge on any atom is -0.493 e. The van der Waals surface area contributed by atoms with Gasteiger partial charge in [0.25, 0.3) is 0 Å². The zero-order chi connectivity index (χ0) is 16.4. The van der Waals surface area contributed by atoms with Crippen molar-refractivity contribution in [2.45, 2.75) is 18.9 Å². The van der Waals surface area contributed by atoms with Crippen LogP contribution in [0.25, 0.3) is 0 Å². The van der Waals surface area contributed by atoms with Crippen LogP contribution in [0.4, 0.5) is 0 Å². The predicted molar refractivity (Wildman–Crippen MR) is 101 cm³/mol. The lowest BCUT2D eigenvalue weighted by atomic mass is 9.88. The molecule has 0 saturated heterocycles. The first kappa shape index (κ1) is 16.6. The van der Waals surface area contributed by atoms with Crippen LogP contribution < -0.4 is 9.47 Å². The molecule has 4 heteroatoms. The summed E-state index contributed by atoms with van der Waals surface area (Å²) in [6.07, 6.45) is 2.06. The number of ether oxygens (including phenoxy) is 2. The predicted octanol–water partition coefficient (Wildman–Crippen LogP) is 4.08. The molecule has 0 spiro atoms. The van der Waals surface area contributed by atoms with E-state index in [1.807, 2.05) is 0 Å². The second-order valence-corrected chi connectivity index (χ2v) is 7.23. The summed E-state index contributed by atoms with van der Waals surface area (Å²) in [5, 5.41) is 0. The summed E-state index contributed by atoms with van der Waals surface area (Å²) in [6.45, 7) is 1.07. The second kappa shape index (κ2) is 7.09. The van der Waals surface area contributed by atoms with Crippen LogP contribution in [0.5, 0.6) is 11.5 Å². The Balaban J connectivity index is 1.96. The molecule has 0 bridgehead atoms. The number of nitrogens with zero attached hydrogens (tertiary/aromatic N) is 1. The average molecular weight is 423 g/mol. The van der Waals surface area contributed by atoms with Crippen molar-refractivity contribution in [2.75, 3.05) is 27.8 Å². The van der Waals surface area contributed by atoms with Gasteiger partial charge in [0.2, 0.25) is 0 Å². The Bertz CT molecular complexity index is 685. The van der Waals surface area contributed by atoms with Gasteiger partial charge in [0.1, 0.15) is 0 Å². The molecule has 1 unspecified atom stereocenters. The van der Waals surface area contributed by atoms with Crippen LogP contribution in [0, 0.1) is 3.57 Å². The minimum atomic E-state index is 0.374. The molecule has 3 rings (SSSR count). The van der Waals surface area contributed by atoms with Crippen molar-refractivity contribution in [3.63, 3.8) is 0 Å². The molecule has 122 valence electrons. The first-order valence-electron chi connectivity index (χ1n) is 7.82. The summed E-state index contributed by atoms with van der Waals surface area (Å²) in [4.78, 5) is 2.44. The van der Waals surface area contributed by atoms with E-state index in [-0.39, 0.29) is 0 Å². The Kier molecular flexibility index (Phi) is 5.11. The molecular weight excluding hydrogens is 401 g/mol. The normalized spacial score (nSPS) is 17.7. The van der Waals surface area contributed by atoms with Crippen LogP contribution in [0.3, 0.4) is 0 Å². The molecule has 23 heavy (non-hydrogen) atoms. The Labute approximate surface area is 151 Å². The summed E-state index contributed by atoms with van der Waals surface area (Å²) in [7, 11) is 5.60. The van der Waals surface area contributed by atoms with Gasteiger partial charge in [-0.2, -0.15) is 0 Å². The summed E-state index contributed by atoms with van der Waals surface area (Å²) in [6, 6.07) is 13.5. The number of hydrogen-bond donors (Lipinski definition) is 0. The number of hydrogen-bond acceptors (Lipinski definition) is 3. The quantitative estimate of drug-likeness (QED) is 0.692. The first-order chi connectivity index (χ1) is 11.1. The molecule has 0 N–H and O–H groups in total. The number of fused-ring (bicyclic) bond motifs is 1. The number of rotatable bonds is 4. The lowest BCUT2D eigenvalue weighted by Crippen LogP contribution is -2.33. The molecule has 1 aliphatic rings. The van der Waals surface area contributed by atoms with Gasteiger partial charge in [0, 0.05) is 16.2 Å². The van der Waals surface area contributed by atoms with Crippen LogP contribution in [-0.4, -0.2) is 32.7 Å². The molecule has 1 atom stereocenters. The molecule has 0 amide bonds. The molecule has 2 aromatic rings. The van der Waals surface area contributed by atoms with Crippen molar-refractivity contribution < 1.29 is 9.47 Å². The van der Waals surface area contributed by atoms with E-state index in [1.54, 1.807) is 14.2 Å². The van der Waals surface area contributed by atoms with E-state index in [0.29, 0.717) is 6.04 Å². The Morgan fingerprint density at radius 3 is 2.39 bits per heavy atom. The van der Waals surface area contributed by atoms with Crippen LogP contribution >= 0.6 is 22.6 Å². The SMILES string of the molecule is COc1cc2c(cc1OC)C(Cc1ccc(I)cc1)N(C)CC2. The topological polar surface area (TPSA) is 21.7 Å². The van der Waals surface area contributed by atoms with Gasteiger partial charge < -0.3 is 9.47 Å². The van der Waals surface area contributed by atoms with Crippen molar-refractivity contribution in [1.82, 2.24) is 4.90 Å². The number of halogens is 1. The van der Waals surface area contributed by atoms with Crippen LogP contribution in [0.15, 0.2) is 36.4 Å². The first-order valence-corrected chi connectivity index (χ1v) is 8.89. The van der Waals surface area contributed by atoms with Gasteiger partial charge in [-0.1, -0.05) is 12.1 Å². The Hall–Kier alpha value is -1.27. The minimum absolute atomic E-state index is 0.374. The van der Waals surface area contributed by atoms with Gasteiger partial charge in [0.15, 0.2) is 11.5 Å². The molecule has 1 heterocycles. The highest BCUT2D eigenvalue weighted by molar-refractivity contribution is 14.1. The number of likely N-dealkylation sites (N-methyl/N-ethyl adjacent to an activating group) is 1. The van der Waals surface area contributed by atoms with Crippen LogP contribution in [-0.2, 0) is 12.8 Å². The molecule has 1 aliphatic heterocycles. The van der Waals surface area contributed by atoms with E-state index < -0.39 is 0 Å². The van der Waals surface area contributed by atoms with Crippen LogP contribution in [0.1, 0.15) is 22.7 Å². The standard InChI is InChI=1S/C19H22INO2/c1-21-9-8-14-11-18(22-2)19(23-3)12-16(14)17(21)10-13-4-6-15(20)7-5-13/h4-7,11-12,17H,8-10H2,1-3H3. The third kappa shape index (κ3) is 3.48. The summed E-state index contributed by atoms with van der Waals surface area (Å²) in [5.41, 5.74) is 4.09. The van der Waals surface area contributed by atoms with Crippen LogP contribution in [0.2, 0.25) is 0 Å². The van der Waals surface area contributed by atoms with Gasteiger partial charge in [-0.3, -0.25) is 4.90 Å². The van der Waals surface area contributed by atoms with Gasteiger partial charge in [-0.05, 0) is 83.4 Å². The van der Waals surface area contributed by atoms with E-state index in [4.69, 9.17) is 9.47 Å². The second-order valence-electron chi connectivity index (χ2n) is 5.98. The molecule has 0 radical (unpaired) electrons. The zero-order valence-corrected chi connectivity index (χ0v) is 16.0. The average Bonchev–Trinajstić information content (AvgIpc) is 2.58. The molecular formula is C19H22INO2. The van der Waals surface area contributed by atoms with Gasteiger partial charge in [0.05, 0.1) is 14.2 Å². The molecule has 0 fully saturated rings. The van der Waals surface area contributed by atoms with Gasteiger partial charge >= 0.3 is 0 Å². The number of methoxy groups -OCH3 is 2. The third-order valence-corrected chi connectivity index (χ3v) is 5.33. The van der Waals surface area contributed by atoms with Gasteiger partial charge in [-0.15, -0.1) is 0 Å². The van der Waals surface area contributed by atoms with Crippen molar-refractivity contribution in [3.8, 4) is 11.5 Å². The lowest BCUT2D eigenvalue weighted by molar-refractivity contribution is 0.228. The third-order valence-electron chi connectivity index (χ3n) is 4.61. The van der Waals surface area contributed by atoms with E-state index in [2.05, 4.69) is 70.9 Å². The summed E-state index contributed by atoms with van der Waals surface area (Å²) >= 11 is 2.35. The fourth-order valence-electron chi connectivity index (χ4n) is 3.26. The highest BCUT2D eigenvalue weighted by Crippen LogP contribution is 2.38. The Morgan fingerprint density at radius 1 is 1.09 bits per heavy atom. The largest absolute Gasteiger partial charge is 0.493 e. The van der Waals surface area contributed by atoms with E-state index in [0.717, 1.165) is 30.9 Å². The van der Waals surface area contributed by atoms with Crippen molar-refractivity contribution in [3.05, 3.63) is 56.7 Å². The maximum absolute atomic E-state index is 5.51. The van der Waals surface area contributed by atoms with E-state index in [9.17, 15) is 0 Å². The zero-order valence-electron chi connectivity index (χ0n) is 13.8.